The van der Waals surface area contributed by atoms with Gasteiger partial charge in [0.25, 0.3) is 0 Å². The Hall–Kier alpha value is -0.630. The predicted octanol–water partition coefficient (Wildman–Crippen LogP) is 2.90. The molecule has 2 heteroatoms. The molecule has 1 aromatic heterocycles. The summed E-state index contributed by atoms with van der Waals surface area (Å²) in [7, 11) is 0. The zero-order chi connectivity index (χ0) is 7.98. The summed E-state index contributed by atoms with van der Waals surface area (Å²) >= 11 is 1.52. The number of aryl methyl sites for hydroxylation is 1. The lowest BCUT2D eigenvalue weighted by molar-refractivity contribution is 0.112. The maximum absolute atomic E-state index is 10.0. The van der Waals surface area contributed by atoms with Gasteiger partial charge in [-0.1, -0.05) is 13.8 Å². The van der Waals surface area contributed by atoms with Gasteiger partial charge in [0, 0.05) is 4.88 Å². The second kappa shape index (κ2) is 5.18. The maximum atomic E-state index is 10.0. The van der Waals surface area contributed by atoms with Crippen molar-refractivity contribution < 1.29 is 4.79 Å². The predicted molar refractivity (Wildman–Crippen MR) is 45.8 cm³/mol. The Morgan fingerprint density at radius 2 is 2.00 bits per heavy atom. The smallest absolute Gasteiger partial charge is 0.160 e. The van der Waals surface area contributed by atoms with E-state index in [9.17, 15) is 4.79 Å². The molecule has 0 bridgehead atoms. The second-order valence-corrected chi connectivity index (χ2v) is 2.89. The highest BCUT2D eigenvalue weighted by atomic mass is 32.1. The number of carbonyl (C=O) groups excluding carboxylic acids is 1. The molecule has 0 aliphatic rings. The van der Waals surface area contributed by atoms with Crippen molar-refractivity contribution in [3.8, 4) is 0 Å². The van der Waals surface area contributed by atoms with Gasteiger partial charge in [-0.05, 0) is 19.1 Å². The Morgan fingerprint density at radius 1 is 1.40 bits per heavy atom. The summed E-state index contributed by atoms with van der Waals surface area (Å²) in [5.74, 6) is 0. The van der Waals surface area contributed by atoms with E-state index in [0.29, 0.717) is 0 Å². The Bertz CT molecular complexity index is 191. The Labute approximate surface area is 65.7 Å². The largest absolute Gasteiger partial charge is 0.297 e. The summed E-state index contributed by atoms with van der Waals surface area (Å²) in [6, 6.07) is 3.77. The van der Waals surface area contributed by atoms with Crippen molar-refractivity contribution in [1.82, 2.24) is 0 Å². The number of hydrogen-bond acceptors (Lipinski definition) is 2. The molecule has 0 aromatic carbocycles. The molecule has 10 heavy (non-hydrogen) atoms. The summed E-state index contributed by atoms with van der Waals surface area (Å²) < 4.78 is 0. The molecule has 0 amide bonds. The van der Waals surface area contributed by atoms with E-state index < -0.39 is 0 Å². The van der Waals surface area contributed by atoms with Crippen molar-refractivity contribution in [3.05, 3.63) is 21.9 Å². The minimum atomic E-state index is 0.808. The van der Waals surface area contributed by atoms with Crippen LogP contribution >= 0.6 is 11.3 Å². The highest BCUT2D eigenvalue weighted by Gasteiger charge is 1.90. The van der Waals surface area contributed by atoms with Crippen molar-refractivity contribution in [2.24, 2.45) is 0 Å². The van der Waals surface area contributed by atoms with E-state index in [-0.39, 0.29) is 0 Å². The van der Waals surface area contributed by atoms with E-state index in [1.807, 2.05) is 32.9 Å². The molecule has 1 rings (SSSR count). The highest BCUT2D eigenvalue weighted by Crippen LogP contribution is 2.11. The Kier molecular flexibility index (Phi) is 4.85. The molecule has 0 spiro atoms. The third-order valence-corrected chi connectivity index (χ3v) is 1.80. The second-order valence-electron chi connectivity index (χ2n) is 1.57. The molecule has 1 heterocycles. The third kappa shape index (κ3) is 2.78. The molecular formula is C8H12OS. The van der Waals surface area contributed by atoms with Gasteiger partial charge >= 0.3 is 0 Å². The number of carbonyl (C=O) groups is 1. The first-order valence-electron chi connectivity index (χ1n) is 3.34. The first kappa shape index (κ1) is 9.37. The molecule has 0 N–H and O–H groups in total. The monoisotopic (exact) mass is 156 g/mol. The van der Waals surface area contributed by atoms with Gasteiger partial charge in [-0.3, -0.25) is 4.79 Å². The molecule has 56 valence electrons. The van der Waals surface area contributed by atoms with E-state index in [1.54, 1.807) is 0 Å². The zero-order valence-corrected chi connectivity index (χ0v) is 7.37. The van der Waals surface area contributed by atoms with E-state index in [1.165, 1.54) is 16.2 Å². The van der Waals surface area contributed by atoms with Crippen molar-refractivity contribution in [3.63, 3.8) is 0 Å². The van der Waals surface area contributed by atoms with Crippen LogP contribution in [0.2, 0.25) is 0 Å². The topological polar surface area (TPSA) is 17.1 Å². The lowest BCUT2D eigenvalue weighted by Gasteiger charge is -1.71. The normalized spacial score (nSPS) is 7.90. The molecule has 0 fully saturated rings. The molecule has 1 aromatic rings. The fourth-order valence-corrected chi connectivity index (χ4v) is 1.21. The van der Waals surface area contributed by atoms with Crippen molar-refractivity contribution >= 4 is 17.6 Å². The summed E-state index contributed by atoms with van der Waals surface area (Å²) in [5.41, 5.74) is 0. The fraction of sp³-hybridized carbons (Fsp3) is 0.375. The minimum absolute atomic E-state index is 0.808. The number of aldehydes is 1. The molecule has 0 radical (unpaired) electrons. The van der Waals surface area contributed by atoms with E-state index in [2.05, 4.69) is 0 Å². The van der Waals surface area contributed by atoms with Gasteiger partial charge in [-0.15, -0.1) is 11.3 Å². The quantitative estimate of drug-likeness (QED) is 0.571. The van der Waals surface area contributed by atoms with E-state index in [0.717, 1.165) is 11.2 Å². The summed E-state index contributed by atoms with van der Waals surface area (Å²) in [5, 5.41) is 0. The van der Waals surface area contributed by atoms with Gasteiger partial charge in [-0.2, -0.15) is 0 Å². The molecular weight excluding hydrogens is 144 g/mol. The van der Waals surface area contributed by atoms with Crippen LogP contribution in [0.25, 0.3) is 0 Å². The maximum Gasteiger partial charge on any atom is 0.160 e. The summed E-state index contributed by atoms with van der Waals surface area (Å²) in [4.78, 5) is 12.0. The van der Waals surface area contributed by atoms with Crippen LogP contribution in [0.5, 0.6) is 0 Å². The van der Waals surface area contributed by atoms with Crippen LogP contribution in [0.1, 0.15) is 28.4 Å². The first-order chi connectivity index (χ1) is 4.83. The lowest BCUT2D eigenvalue weighted by Crippen LogP contribution is -1.61. The van der Waals surface area contributed by atoms with Gasteiger partial charge < -0.3 is 0 Å². The molecule has 1 nitrogen and oxygen atoms in total. The zero-order valence-electron chi connectivity index (χ0n) is 6.55. The van der Waals surface area contributed by atoms with Crippen LogP contribution in [-0.4, -0.2) is 6.29 Å². The van der Waals surface area contributed by atoms with Gasteiger partial charge in [0.1, 0.15) is 0 Å². The Morgan fingerprint density at radius 3 is 2.20 bits per heavy atom. The first-order valence-corrected chi connectivity index (χ1v) is 4.16. The van der Waals surface area contributed by atoms with Crippen molar-refractivity contribution in [2.75, 3.05) is 0 Å². The summed E-state index contributed by atoms with van der Waals surface area (Å²) in [6.45, 7) is 5.98. The van der Waals surface area contributed by atoms with Gasteiger partial charge in [0.15, 0.2) is 6.29 Å². The number of hydrogen-bond donors (Lipinski definition) is 0. The van der Waals surface area contributed by atoms with Gasteiger partial charge in [0.2, 0.25) is 0 Å². The van der Waals surface area contributed by atoms with Gasteiger partial charge in [-0.25, -0.2) is 0 Å². The van der Waals surface area contributed by atoms with Crippen LogP contribution in [0, 0.1) is 6.92 Å². The fourth-order valence-electron chi connectivity index (χ4n) is 0.517. The number of rotatable bonds is 1. The average molecular weight is 156 g/mol. The average Bonchev–Trinajstić information content (AvgIpc) is 2.40. The van der Waals surface area contributed by atoms with E-state index in [4.69, 9.17) is 0 Å². The van der Waals surface area contributed by atoms with Crippen LogP contribution in [0.3, 0.4) is 0 Å². The highest BCUT2D eigenvalue weighted by molar-refractivity contribution is 7.13. The molecule has 0 saturated heterocycles. The van der Waals surface area contributed by atoms with Crippen molar-refractivity contribution in [2.45, 2.75) is 20.8 Å². The SMILES string of the molecule is CC.Cc1ccc(C=O)s1. The van der Waals surface area contributed by atoms with Crippen LogP contribution in [0.15, 0.2) is 12.1 Å². The lowest BCUT2D eigenvalue weighted by atomic mass is 10.5. The summed E-state index contributed by atoms with van der Waals surface area (Å²) in [6.07, 6.45) is 0.873. The van der Waals surface area contributed by atoms with Crippen LogP contribution < -0.4 is 0 Å². The molecule has 0 saturated carbocycles. The van der Waals surface area contributed by atoms with Gasteiger partial charge in [0.05, 0.1) is 4.88 Å². The molecule has 0 aliphatic heterocycles. The Balaban J connectivity index is 0.000000371. The van der Waals surface area contributed by atoms with Crippen LogP contribution in [0.4, 0.5) is 0 Å². The standard InChI is InChI=1S/C6H6OS.C2H6/c1-5-2-3-6(4-7)8-5;1-2/h2-4H,1H3;1-2H3. The molecule has 0 unspecified atom stereocenters. The minimum Gasteiger partial charge on any atom is -0.297 e. The number of thiophene rings is 1. The third-order valence-electron chi connectivity index (χ3n) is 0.877. The van der Waals surface area contributed by atoms with Crippen molar-refractivity contribution in [1.29, 1.82) is 0 Å². The molecule has 0 aliphatic carbocycles. The van der Waals surface area contributed by atoms with Crippen LogP contribution in [-0.2, 0) is 0 Å². The van der Waals surface area contributed by atoms with E-state index >= 15 is 0 Å². The molecule has 0 atom stereocenters.